The predicted molar refractivity (Wildman–Crippen MR) is 80.2 cm³/mol. The Labute approximate surface area is 108 Å². The minimum atomic E-state index is 1.06. The van der Waals surface area contributed by atoms with Crippen LogP contribution in [-0.2, 0) is 0 Å². The number of unbranched alkanes of at least 4 members (excludes halogenated alkanes) is 2. The van der Waals surface area contributed by atoms with E-state index in [0.717, 1.165) is 19.3 Å². The zero-order chi connectivity index (χ0) is 12.6. The molecule has 0 aromatic rings. The number of hydrogen-bond acceptors (Lipinski definition) is 0. The first kappa shape index (κ1) is 16.0. The van der Waals surface area contributed by atoms with Gasteiger partial charge in [0, 0.05) is 0 Å². The highest BCUT2D eigenvalue weighted by Crippen LogP contribution is 1.96. The van der Waals surface area contributed by atoms with E-state index < -0.39 is 0 Å². The van der Waals surface area contributed by atoms with Crippen molar-refractivity contribution in [3.63, 3.8) is 0 Å². The van der Waals surface area contributed by atoms with Gasteiger partial charge in [-0.05, 0) is 32.1 Å². The summed E-state index contributed by atoms with van der Waals surface area (Å²) < 4.78 is 0. The van der Waals surface area contributed by atoms with E-state index in [-0.39, 0.29) is 0 Å². The average Bonchev–Trinajstić information content (AvgIpc) is 2.35. The lowest BCUT2D eigenvalue weighted by Crippen LogP contribution is -1.65. The smallest absolute Gasteiger partial charge is 0.0169 e. The molecular formula is C17H28. The van der Waals surface area contributed by atoms with Crippen LogP contribution in [-0.4, -0.2) is 0 Å². The Balaban J connectivity index is 3.36. The van der Waals surface area contributed by atoms with Crippen molar-refractivity contribution in [3.8, 4) is 0 Å². The van der Waals surface area contributed by atoms with Gasteiger partial charge in [-0.3, -0.25) is 0 Å². The molecule has 0 aromatic heterocycles. The fourth-order valence-corrected chi connectivity index (χ4v) is 1.38. The molecule has 0 aliphatic carbocycles. The lowest BCUT2D eigenvalue weighted by molar-refractivity contribution is 0.954. The van der Waals surface area contributed by atoms with Crippen molar-refractivity contribution in [3.05, 3.63) is 48.6 Å². The Morgan fingerprint density at radius 2 is 0.765 bits per heavy atom. The zero-order valence-electron chi connectivity index (χ0n) is 11.6. The summed E-state index contributed by atoms with van der Waals surface area (Å²) in [5.74, 6) is 0. The van der Waals surface area contributed by atoms with Crippen LogP contribution in [0.2, 0.25) is 0 Å². The summed E-state index contributed by atoms with van der Waals surface area (Å²) in [5, 5.41) is 0. The van der Waals surface area contributed by atoms with Gasteiger partial charge in [-0.15, -0.1) is 0 Å². The summed E-state index contributed by atoms with van der Waals surface area (Å²) in [7, 11) is 0. The molecule has 0 fully saturated rings. The first-order chi connectivity index (χ1) is 8.41. The maximum absolute atomic E-state index is 2.26. The topological polar surface area (TPSA) is 0 Å². The van der Waals surface area contributed by atoms with Gasteiger partial charge in [0.05, 0.1) is 0 Å². The van der Waals surface area contributed by atoms with Crippen molar-refractivity contribution in [1.29, 1.82) is 0 Å². The van der Waals surface area contributed by atoms with Gasteiger partial charge in [0.1, 0.15) is 0 Å². The van der Waals surface area contributed by atoms with E-state index in [1.54, 1.807) is 0 Å². The van der Waals surface area contributed by atoms with Crippen LogP contribution < -0.4 is 0 Å². The normalized spacial score (nSPS) is 12.8. The lowest BCUT2D eigenvalue weighted by atomic mass is 10.2. The van der Waals surface area contributed by atoms with E-state index in [2.05, 4.69) is 62.5 Å². The van der Waals surface area contributed by atoms with Crippen molar-refractivity contribution in [2.24, 2.45) is 0 Å². The molecule has 17 heavy (non-hydrogen) atoms. The first-order valence-electron chi connectivity index (χ1n) is 7.01. The maximum Gasteiger partial charge on any atom is -0.0169 e. The van der Waals surface area contributed by atoms with E-state index in [1.807, 2.05) is 0 Å². The molecule has 0 rings (SSSR count). The van der Waals surface area contributed by atoms with Gasteiger partial charge in [-0.2, -0.15) is 0 Å². The molecule has 0 amide bonds. The van der Waals surface area contributed by atoms with E-state index in [9.17, 15) is 0 Å². The first-order valence-corrected chi connectivity index (χ1v) is 7.01. The largest absolute Gasteiger partial charge is 0.0882 e. The second-order valence-corrected chi connectivity index (χ2v) is 4.17. The van der Waals surface area contributed by atoms with Crippen LogP contribution >= 0.6 is 0 Å². The summed E-state index contributed by atoms with van der Waals surface area (Å²) in [4.78, 5) is 0. The molecule has 0 aliphatic heterocycles. The Kier molecular flexibility index (Phi) is 14.0. The molecule has 0 atom stereocenters. The van der Waals surface area contributed by atoms with Crippen LogP contribution in [0.25, 0.3) is 0 Å². The van der Waals surface area contributed by atoms with E-state index in [1.165, 1.54) is 25.7 Å². The van der Waals surface area contributed by atoms with Gasteiger partial charge in [0.25, 0.3) is 0 Å². The van der Waals surface area contributed by atoms with Crippen molar-refractivity contribution in [2.75, 3.05) is 0 Å². The zero-order valence-corrected chi connectivity index (χ0v) is 11.6. The summed E-state index contributed by atoms with van der Waals surface area (Å²) in [6.07, 6.45) is 26.1. The molecule has 0 N–H and O–H groups in total. The SMILES string of the molecule is CCC/C=C/C/C=C/C/C=C/C/C=C/CCC. The third kappa shape index (κ3) is 15.0. The van der Waals surface area contributed by atoms with Gasteiger partial charge in [-0.1, -0.05) is 75.3 Å². The summed E-state index contributed by atoms with van der Waals surface area (Å²) in [6.45, 7) is 4.42. The molecule has 0 heterocycles. The van der Waals surface area contributed by atoms with Crippen LogP contribution in [0, 0.1) is 0 Å². The molecule has 0 saturated heterocycles. The molecule has 0 aliphatic rings. The van der Waals surface area contributed by atoms with Crippen molar-refractivity contribution in [1.82, 2.24) is 0 Å². The highest BCUT2D eigenvalue weighted by Gasteiger charge is 1.75. The maximum atomic E-state index is 2.26. The minimum Gasteiger partial charge on any atom is -0.0882 e. The molecule has 0 heteroatoms. The standard InChI is InChI=1S/C17H28/c1-3-5-7-9-11-13-15-17-16-14-12-10-8-6-4-2/h7-10,13-16H,3-6,11-12,17H2,1-2H3/b9-7+,10-8+,15-13+,16-14+. The average molecular weight is 232 g/mol. The van der Waals surface area contributed by atoms with Crippen LogP contribution in [0.5, 0.6) is 0 Å². The monoisotopic (exact) mass is 232 g/mol. The van der Waals surface area contributed by atoms with Gasteiger partial charge in [0.15, 0.2) is 0 Å². The van der Waals surface area contributed by atoms with E-state index in [4.69, 9.17) is 0 Å². The Bertz CT molecular complexity index is 215. The molecular weight excluding hydrogens is 204 g/mol. The number of hydrogen-bond donors (Lipinski definition) is 0. The van der Waals surface area contributed by atoms with Gasteiger partial charge < -0.3 is 0 Å². The van der Waals surface area contributed by atoms with Gasteiger partial charge >= 0.3 is 0 Å². The van der Waals surface area contributed by atoms with Crippen molar-refractivity contribution in [2.45, 2.75) is 58.8 Å². The molecule has 0 nitrogen and oxygen atoms in total. The van der Waals surface area contributed by atoms with E-state index >= 15 is 0 Å². The number of allylic oxidation sites excluding steroid dienone is 8. The fourth-order valence-electron chi connectivity index (χ4n) is 1.38. The molecule has 96 valence electrons. The Morgan fingerprint density at radius 3 is 1.06 bits per heavy atom. The third-order valence-electron chi connectivity index (χ3n) is 2.39. The van der Waals surface area contributed by atoms with Crippen LogP contribution in [0.3, 0.4) is 0 Å². The van der Waals surface area contributed by atoms with E-state index in [0.29, 0.717) is 0 Å². The third-order valence-corrected chi connectivity index (χ3v) is 2.39. The molecule has 0 radical (unpaired) electrons. The number of rotatable bonds is 10. The second-order valence-electron chi connectivity index (χ2n) is 4.17. The molecule has 0 aromatic carbocycles. The quantitative estimate of drug-likeness (QED) is 0.406. The van der Waals surface area contributed by atoms with Crippen LogP contribution in [0.1, 0.15) is 58.8 Å². The van der Waals surface area contributed by atoms with Crippen LogP contribution in [0.15, 0.2) is 48.6 Å². The minimum absolute atomic E-state index is 1.06. The summed E-state index contributed by atoms with van der Waals surface area (Å²) in [6, 6.07) is 0. The predicted octanol–water partition coefficient (Wildman–Crippen LogP) is 5.98. The fraction of sp³-hybridized carbons (Fsp3) is 0.529. The Hall–Kier alpha value is -1.04. The van der Waals surface area contributed by atoms with Crippen LogP contribution in [0.4, 0.5) is 0 Å². The molecule has 0 spiro atoms. The molecule has 0 saturated carbocycles. The highest BCUT2D eigenvalue weighted by atomic mass is 13.8. The van der Waals surface area contributed by atoms with Crippen molar-refractivity contribution >= 4 is 0 Å². The summed E-state index contributed by atoms with van der Waals surface area (Å²) >= 11 is 0. The Morgan fingerprint density at radius 1 is 0.471 bits per heavy atom. The highest BCUT2D eigenvalue weighted by molar-refractivity contribution is 4.99. The lowest BCUT2D eigenvalue weighted by Gasteiger charge is -1.86. The molecule has 0 bridgehead atoms. The second kappa shape index (κ2) is 15.0. The molecule has 0 unspecified atom stereocenters. The van der Waals surface area contributed by atoms with Gasteiger partial charge in [-0.25, -0.2) is 0 Å². The van der Waals surface area contributed by atoms with Crippen molar-refractivity contribution < 1.29 is 0 Å². The van der Waals surface area contributed by atoms with Gasteiger partial charge in [0.2, 0.25) is 0 Å². The summed E-state index contributed by atoms with van der Waals surface area (Å²) in [5.41, 5.74) is 0.